The fourth-order valence-corrected chi connectivity index (χ4v) is 3.18. The number of hydrogen-bond donors (Lipinski definition) is 2. The predicted octanol–water partition coefficient (Wildman–Crippen LogP) is 2.69. The number of benzene rings is 1. The number of carbonyl (C=O) groups is 2. The van der Waals surface area contributed by atoms with E-state index in [1.165, 1.54) is 0 Å². The van der Waals surface area contributed by atoms with E-state index >= 15 is 0 Å². The Hall–Kier alpha value is -2.28. The second kappa shape index (κ2) is 7.53. The molecule has 7 heteroatoms. The molecule has 1 aliphatic carbocycles. The maximum atomic E-state index is 12.8. The van der Waals surface area contributed by atoms with Crippen LogP contribution in [0.5, 0.6) is 5.75 Å². The molecule has 0 radical (unpaired) electrons. The van der Waals surface area contributed by atoms with Gasteiger partial charge in [-0.15, -0.1) is 0 Å². The van der Waals surface area contributed by atoms with Crippen LogP contribution in [0.4, 0.5) is 16.2 Å². The summed E-state index contributed by atoms with van der Waals surface area (Å²) in [6.07, 6.45) is 0.965. The van der Waals surface area contributed by atoms with Crippen LogP contribution in [0, 0.1) is 5.92 Å². The van der Waals surface area contributed by atoms with E-state index in [1.54, 1.807) is 17.0 Å². The van der Waals surface area contributed by atoms with Crippen LogP contribution < -0.4 is 19.9 Å². The fourth-order valence-electron chi connectivity index (χ4n) is 3.18. The van der Waals surface area contributed by atoms with Gasteiger partial charge in [0.05, 0.1) is 17.9 Å². The lowest BCUT2D eigenvalue weighted by molar-refractivity contribution is -0.118. The molecule has 0 bridgehead atoms. The summed E-state index contributed by atoms with van der Waals surface area (Å²) in [6.45, 7) is 7.93. The van der Waals surface area contributed by atoms with Crippen LogP contribution >= 0.6 is 0 Å². The van der Waals surface area contributed by atoms with Crippen LogP contribution in [0.2, 0.25) is 0 Å². The molecule has 3 rings (SSSR count). The summed E-state index contributed by atoms with van der Waals surface area (Å²) >= 11 is 0. The van der Waals surface area contributed by atoms with Crippen LogP contribution in [-0.2, 0) is 4.79 Å². The van der Waals surface area contributed by atoms with Gasteiger partial charge in [-0.3, -0.25) is 4.79 Å². The summed E-state index contributed by atoms with van der Waals surface area (Å²) in [6, 6.07) is 5.93. The Morgan fingerprint density at radius 3 is 2.58 bits per heavy atom. The van der Waals surface area contributed by atoms with Gasteiger partial charge in [-0.05, 0) is 37.8 Å². The Kier molecular flexibility index (Phi) is 5.36. The molecule has 1 amide bonds. The van der Waals surface area contributed by atoms with Crippen molar-refractivity contribution >= 4 is 23.4 Å². The van der Waals surface area contributed by atoms with E-state index in [0.29, 0.717) is 18.5 Å². The van der Waals surface area contributed by atoms with Crippen molar-refractivity contribution in [1.82, 2.24) is 5.32 Å². The molecule has 1 saturated carbocycles. The van der Waals surface area contributed by atoms with Crippen molar-refractivity contribution in [3.05, 3.63) is 18.2 Å². The number of ether oxygens (including phenoxy) is 1. The van der Waals surface area contributed by atoms with Gasteiger partial charge in [-0.1, -0.05) is 13.8 Å². The van der Waals surface area contributed by atoms with Crippen molar-refractivity contribution in [1.29, 1.82) is 0 Å². The van der Waals surface area contributed by atoms with Crippen LogP contribution in [0.1, 0.15) is 33.6 Å². The van der Waals surface area contributed by atoms with E-state index in [2.05, 4.69) is 31.0 Å². The summed E-state index contributed by atoms with van der Waals surface area (Å²) in [4.78, 5) is 27.7. The fraction of sp³-hybridized carbons (Fsp3) is 0.579. The number of carbonyl (C=O) groups excluding carboxylic acids is 1. The number of fused-ring (bicyclic) bond motifs is 1. The number of amides is 1. The van der Waals surface area contributed by atoms with Gasteiger partial charge in [0.1, 0.15) is 5.75 Å². The summed E-state index contributed by atoms with van der Waals surface area (Å²) < 4.78 is 4.79. The number of nitrogens with zero attached hydrogens (tertiary/aromatic N) is 2. The quantitative estimate of drug-likeness (QED) is 0.599. The van der Waals surface area contributed by atoms with Crippen molar-refractivity contribution in [2.24, 2.45) is 5.92 Å². The molecule has 1 aliphatic heterocycles. The average molecular weight is 361 g/mol. The second-order valence-electron chi connectivity index (χ2n) is 7.40. The van der Waals surface area contributed by atoms with Gasteiger partial charge >= 0.3 is 6.16 Å². The number of nitrogens with one attached hydrogen (secondary N) is 1. The lowest BCUT2D eigenvalue weighted by Crippen LogP contribution is -2.48. The Balaban J connectivity index is 1.81. The first-order chi connectivity index (χ1) is 12.4. The third-order valence-electron chi connectivity index (χ3n) is 5.18. The number of rotatable bonds is 6. The van der Waals surface area contributed by atoms with E-state index in [9.17, 15) is 9.59 Å². The molecular weight excluding hydrogens is 334 g/mol. The van der Waals surface area contributed by atoms with E-state index in [1.807, 2.05) is 6.07 Å². The minimum atomic E-state index is -1.36. The van der Waals surface area contributed by atoms with Gasteiger partial charge in [0.15, 0.2) is 0 Å². The average Bonchev–Trinajstić information content (AvgIpc) is 3.42. The number of carboxylic acid groups (broad SMARTS) is 1. The van der Waals surface area contributed by atoms with Crippen molar-refractivity contribution < 1.29 is 19.4 Å². The first-order valence-corrected chi connectivity index (χ1v) is 9.22. The highest BCUT2D eigenvalue weighted by atomic mass is 16.7. The number of anilines is 2. The standard InChI is InChI=1S/C19H27N3O4/c1-12(2)13(3)20-11-18(23)22-9-8-21(14-4-5-14)16-7-6-15(10-17(16)22)26-19(24)25/h6-7,10,12-14,20H,4-5,8-9,11H2,1-3H3,(H,24,25)/t13-/m0/s1. The molecule has 0 unspecified atom stereocenters. The molecule has 7 nitrogen and oxygen atoms in total. The maximum absolute atomic E-state index is 12.8. The van der Waals surface area contributed by atoms with Crippen LogP contribution in [0.15, 0.2) is 18.2 Å². The zero-order valence-corrected chi connectivity index (χ0v) is 15.6. The zero-order valence-electron chi connectivity index (χ0n) is 15.6. The summed E-state index contributed by atoms with van der Waals surface area (Å²) in [5.41, 5.74) is 1.70. The minimum absolute atomic E-state index is 0.0123. The van der Waals surface area contributed by atoms with Crippen molar-refractivity contribution in [3.8, 4) is 5.75 Å². The molecule has 1 aromatic rings. The summed E-state index contributed by atoms with van der Waals surface area (Å²) in [7, 11) is 0. The Morgan fingerprint density at radius 1 is 1.23 bits per heavy atom. The summed E-state index contributed by atoms with van der Waals surface area (Å²) in [5.74, 6) is 0.661. The zero-order chi connectivity index (χ0) is 18.8. The molecule has 2 aliphatic rings. The van der Waals surface area contributed by atoms with Crippen molar-refractivity contribution in [3.63, 3.8) is 0 Å². The first kappa shape index (κ1) is 18.5. The molecule has 1 aromatic carbocycles. The molecule has 0 aromatic heterocycles. The smallest absolute Gasteiger partial charge is 0.449 e. The minimum Gasteiger partial charge on any atom is -0.449 e. The van der Waals surface area contributed by atoms with Crippen molar-refractivity contribution in [2.75, 3.05) is 29.4 Å². The third-order valence-corrected chi connectivity index (χ3v) is 5.18. The Bertz CT molecular complexity index is 687. The lowest BCUT2D eigenvalue weighted by Gasteiger charge is -2.38. The first-order valence-electron chi connectivity index (χ1n) is 9.22. The molecular formula is C19H27N3O4. The highest BCUT2D eigenvalue weighted by Gasteiger charge is 2.35. The van der Waals surface area contributed by atoms with Crippen LogP contribution in [0.3, 0.4) is 0 Å². The molecule has 0 saturated heterocycles. The van der Waals surface area contributed by atoms with Crippen LogP contribution in [0.25, 0.3) is 0 Å². The summed E-state index contributed by atoms with van der Waals surface area (Å²) in [5, 5.41) is 12.1. The highest BCUT2D eigenvalue weighted by Crippen LogP contribution is 2.41. The maximum Gasteiger partial charge on any atom is 0.511 e. The van der Waals surface area contributed by atoms with Gasteiger partial charge in [-0.25, -0.2) is 4.79 Å². The number of hydrogen-bond acceptors (Lipinski definition) is 5. The molecule has 26 heavy (non-hydrogen) atoms. The second-order valence-corrected chi connectivity index (χ2v) is 7.40. The van der Waals surface area contributed by atoms with Gasteiger partial charge < -0.3 is 25.0 Å². The van der Waals surface area contributed by atoms with E-state index in [-0.39, 0.29) is 24.2 Å². The molecule has 1 fully saturated rings. The molecule has 1 atom stereocenters. The SMILES string of the molecule is CC(C)[C@H](C)NCC(=O)N1CCN(C2CC2)c2ccc(OC(=O)O)cc21. The lowest BCUT2D eigenvalue weighted by atomic mass is 10.1. The largest absolute Gasteiger partial charge is 0.511 e. The van der Waals surface area contributed by atoms with Crippen molar-refractivity contribution in [2.45, 2.75) is 45.7 Å². The molecule has 0 spiro atoms. The van der Waals surface area contributed by atoms with Gasteiger partial charge in [0.25, 0.3) is 0 Å². The van der Waals surface area contributed by atoms with E-state index < -0.39 is 6.16 Å². The van der Waals surface area contributed by atoms with Gasteiger partial charge in [-0.2, -0.15) is 0 Å². The molecule has 142 valence electrons. The van der Waals surface area contributed by atoms with Gasteiger partial charge in [0.2, 0.25) is 5.91 Å². The topological polar surface area (TPSA) is 82.1 Å². The van der Waals surface area contributed by atoms with E-state index in [0.717, 1.165) is 30.8 Å². The predicted molar refractivity (Wildman–Crippen MR) is 100 cm³/mol. The monoisotopic (exact) mass is 361 g/mol. The normalized spacial score (nSPS) is 17.8. The van der Waals surface area contributed by atoms with Gasteiger partial charge in [0, 0.05) is 31.2 Å². The van der Waals surface area contributed by atoms with Crippen LogP contribution in [-0.4, -0.2) is 48.9 Å². The molecule has 1 heterocycles. The van der Waals surface area contributed by atoms with E-state index in [4.69, 9.17) is 9.84 Å². The Morgan fingerprint density at radius 2 is 1.96 bits per heavy atom. The third kappa shape index (κ3) is 4.09. The highest BCUT2D eigenvalue weighted by molar-refractivity contribution is 5.99. The Labute approximate surface area is 153 Å². The molecule has 2 N–H and O–H groups in total.